The van der Waals surface area contributed by atoms with Gasteiger partial charge in [-0.15, -0.1) is 0 Å². The van der Waals surface area contributed by atoms with Gasteiger partial charge < -0.3 is 0 Å². The summed E-state index contributed by atoms with van der Waals surface area (Å²) in [6, 6.07) is 5.62. The second kappa shape index (κ2) is 4.26. The molecule has 2 rings (SSSR count). The average molecular weight is 238 g/mol. The summed E-state index contributed by atoms with van der Waals surface area (Å²) in [7, 11) is 0. The molecule has 0 spiro atoms. The maximum atomic E-state index is 11.7. The van der Waals surface area contributed by atoms with Gasteiger partial charge in [0.25, 0.3) is 0 Å². The van der Waals surface area contributed by atoms with E-state index in [1.807, 2.05) is 25.1 Å². The SMILES string of the molecule is Cc1cccc(C2CCC(=O)NC2=O)c1Cl. The van der Waals surface area contributed by atoms with E-state index < -0.39 is 0 Å². The van der Waals surface area contributed by atoms with Crippen molar-refractivity contribution in [1.82, 2.24) is 5.32 Å². The van der Waals surface area contributed by atoms with E-state index in [0.29, 0.717) is 17.9 Å². The van der Waals surface area contributed by atoms with Gasteiger partial charge >= 0.3 is 0 Å². The lowest BCUT2D eigenvalue weighted by atomic mass is 9.89. The topological polar surface area (TPSA) is 46.2 Å². The first kappa shape index (κ1) is 11.1. The van der Waals surface area contributed by atoms with Gasteiger partial charge in [-0.2, -0.15) is 0 Å². The molecule has 16 heavy (non-hydrogen) atoms. The Morgan fingerprint density at radius 1 is 1.38 bits per heavy atom. The number of carbonyl (C=O) groups excluding carboxylic acids is 2. The maximum absolute atomic E-state index is 11.7. The molecular weight excluding hydrogens is 226 g/mol. The Hall–Kier alpha value is -1.35. The number of amides is 2. The second-order valence-electron chi connectivity index (χ2n) is 3.98. The van der Waals surface area contributed by atoms with Gasteiger partial charge in [-0.1, -0.05) is 29.8 Å². The molecule has 1 heterocycles. The first-order valence-corrected chi connectivity index (χ1v) is 5.56. The number of carbonyl (C=O) groups is 2. The third kappa shape index (κ3) is 1.95. The monoisotopic (exact) mass is 237 g/mol. The van der Waals surface area contributed by atoms with Gasteiger partial charge in [0, 0.05) is 11.4 Å². The van der Waals surface area contributed by atoms with Crippen molar-refractivity contribution in [2.45, 2.75) is 25.7 Å². The third-order valence-corrected chi connectivity index (χ3v) is 3.35. The number of benzene rings is 1. The van der Waals surface area contributed by atoms with Crippen LogP contribution in [0.5, 0.6) is 0 Å². The highest BCUT2D eigenvalue weighted by Crippen LogP contribution is 2.32. The van der Waals surface area contributed by atoms with E-state index in [0.717, 1.165) is 11.1 Å². The smallest absolute Gasteiger partial charge is 0.234 e. The molecule has 2 amide bonds. The van der Waals surface area contributed by atoms with Crippen LogP contribution in [0.4, 0.5) is 0 Å². The van der Waals surface area contributed by atoms with Crippen molar-refractivity contribution in [2.24, 2.45) is 0 Å². The molecule has 1 saturated heterocycles. The van der Waals surface area contributed by atoms with Crippen LogP contribution in [0.1, 0.15) is 29.9 Å². The predicted octanol–water partition coefficient (Wildman–Crippen LogP) is 2.17. The minimum atomic E-state index is -0.301. The van der Waals surface area contributed by atoms with Crippen LogP contribution >= 0.6 is 11.6 Å². The molecule has 0 radical (unpaired) electrons. The predicted molar refractivity (Wildman–Crippen MR) is 61.3 cm³/mol. The molecule has 4 heteroatoms. The lowest BCUT2D eigenvalue weighted by molar-refractivity contribution is -0.134. The van der Waals surface area contributed by atoms with E-state index in [4.69, 9.17) is 11.6 Å². The highest BCUT2D eigenvalue weighted by Gasteiger charge is 2.29. The molecule has 1 aromatic rings. The summed E-state index contributed by atoms with van der Waals surface area (Å²) < 4.78 is 0. The Labute approximate surface area is 98.8 Å². The lowest BCUT2D eigenvalue weighted by Crippen LogP contribution is -2.39. The highest BCUT2D eigenvalue weighted by atomic mass is 35.5. The Morgan fingerprint density at radius 2 is 2.12 bits per heavy atom. The van der Waals surface area contributed by atoms with Crippen LogP contribution in [0.3, 0.4) is 0 Å². The number of imide groups is 1. The van der Waals surface area contributed by atoms with Crippen LogP contribution in [-0.2, 0) is 9.59 Å². The minimum Gasteiger partial charge on any atom is -0.296 e. The number of hydrogen-bond donors (Lipinski definition) is 1. The first-order valence-electron chi connectivity index (χ1n) is 5.18. The van der Waals surface area contributed by atoms with Crippen molar-refractivity contribution in [1.29, 1.82) is 0 Å². The van der Waals surface area contributed by atoms with Gasteiger partial charge in [0.05, 0.1) is 5.92 Å². The third-order valence-electron chi connectivity index (χ3n) is 2.84. The zero-order valence-corrected chi connectivity index (χ0v) is 9.67. The van der Waals surface area contributed by atoms with Gasteiger partial charge in [0.2, 0.25) is 11.8 Å². The van der Waals surface area contributed by atoms with Gasteiger partial charge in [-0.3, -0.25) is 14.9 Å². The van der Waals surface area contributed by atoms with Crippen LogP contribution in [0, 0.1) is 6.92 Å². The fraction of sp³-hybridized carbons (Fsp3) is 0.333. The molecule has 3 nitrogen and oxygen atoms in total. The van der Waals surface area contributed by atoms with E-state index in [2.05, 4.69) is 5.32 Å². The molecule has 1 N–H and O–H groups in total. The Morgan fingerprint density at radius 3 is 2.81 bits per heavy atom. The number of rotatable bonds is 1. The van der Waals surface area contributed by atoms with Crippen molar-refractivity contribution < 1.29 is 9.59 Å². The van der Waals surface area contributed by atoms with Gasteiger partial charge in [-0.25, -0.2) is 0 Å². The number of halogens is 1. The van der Waals surface area contributed by atoms with Crippen molar-refractivity contribution in [2.75, 3.05) is 0 Å². The average Bonchev–Trinajstić information content (AvgIpc) is 2.23. The van der Waals surface area contributed by atoms with E-state index in [-0.39, 0.29) is 17.7 Å². The molecule has 1 aliphatic heterocycles. The van der Waals surface area contributed by atoms with E-state index >= 15 is 0 Å². The van der Waals surface area contributed by atoms with E-state index in [1.165, 1.54) is 0 Å². The number of hydrogen-bond acceptors (Lipinski definition) is 2. The van der Waals surface area contributed by atoms with Gasteiger partial charge in [0.1, 0.15) is 0 Å². The quantitative estimate of drug-likeness (QED) is 0.761. The van der Waals surface area contributed by atoms with Gasteiger partial charge in [-0.05, 0) is 24.5 Å². The summed E-state index contributed by atoms with van der Waals surface area (Å²) >= 11 is 6.16. The van der Waals surface area contributed by atoms with E-state index in [1.54, 1.807) is 0 Å². The summed E-state index contributed by atoms with van der Waals surface area (Å²) in [6.07, 6.45) is 0.911. The molecule has 0 aliphatic carbocycles. The fourth-order valence-corrected chi connectivity index (χ4v) is 2.19. The minimum absolute atomic E-state index is 0.204. The van der Waals surface area contributed by atoms with Crippen LogP contribution < -0.4 is 5.32 Å². The van der Waals surface area contributed by atoms with Crippen molar-refractivity contribution >= 4 is 23.4 Å². The van der Waals surface area contributed by atoms with Crippen LogP contribution in [0.15, 0.2) is 18.2 Å². The summed E-state index contributed by atoms with van der Waals surface area (Å²) in [5.41, 5.74) is 1.76. The Balaban J connectivity index is 2.34. The Bertz CT molecular complexity index is 456. The maximum Gasteiger partial charge on any atom is 0.234 e. The van der Waals surface area contributed by atoms with Crippen LogP contribution in [-0.4, -0.2) is 11.8 Å². The first-order chi connectivity index (χ1) is 7.59. The highest BCUT2D eigenvalue weighted by molar-refractivity contribution is 6.32. The molecule has 1 atom stereocenters. The van der Waals surface area contributed by atoms with Gasteiger partial charge in [0.15, 0.2) is 0 Å². The molecule has 0 saturated carbocycles. The summed E-state index contributed by atoms with van der Waals surface area (Å²) in [5, 5.41) is 2.96. The van der Waals surface area contributed by atoms with Crippen LogP contribution in [0.2, 0.25) is 5.02 Å². The molecule has 1 aliphatic rings. The zero-order chi connectivity index (χ0) is 11.7. The Kier molecular flexibility index (Phi) is 2.97. The lowest BCUT2D eigenvalue weighted by Gasteiger charge is -2.22. The molecular formula is C12H12ClNO2. The number of piperidine rings is 1. The normalized spacial score (nSPS) is 20.8. The number of nitrogens with one attached hydrogen (secondary N) is 1. The summed E-state index contributed by atoms with van der Waals surface area (Å²) in [4.78, 5) is 22.7. The van der Waals surface area contributed by atoms with Crippen molar-refractivity contribution in [3.63, 3.8) is 0 Å². The van der Waals surface area contributed by atoms with Crippen molar-refractivity contribution in [3.8, 4) is 0 Å². The molecule has 1 aromatic carbocycles. The number of aryl methyl sites for hydroxylation is 1. The summed E-state index contributed by atoms with van der Waals surface area (Å²) in [5.74, 6) is -0.751. The molecule has 1 unspecified atom stereocenters. The second-order valence-corrected chi connectivity index (χ2v) is 4.36. The van der Waals surface area contributed by atoms with E-state index in [9.17, 15) is 9.59 Å². The van der Waals surface area contributed by atoms with Crippen molar-refractivity contribution in [3.05, 3.63) is 34.3 Å². The molecule has 84 valence electrons. The standard InChI is InChI=1S/C12H12ClNO2/c1-7-3-2-4-8(11(7)13)9-5-6-10(15)14-12(9)16/h2-4,9H,5-6H2,1H3,(H,14,15,16). The molecule has 1 fully saturated rings. The largest absolute Gasteiger partial charge is 0.296 e. The molecule has 0 bridgehead atoms. The fourth-order valence-electron chi connectivity index (χ4n) is 1.93. The zero-order valence-electron chi connectivity index (χ0n) is 8.92. The van der Waals surface area contributed by atoms with Crippen LogP contribution in [0.25, 0.3) is 0 Å². The summed E-state index contributed by atoms with van der Waals surface area (Å²) in [6.45, 7) is 1.90. The molecule has 0 aromatic heterocycles.